The van der Waals surface area contributed by atoms with Crippen molar-refractivity contribution in [1.29, 1.82) is 0 Å². The normalized spacial score (nSPS) is 12.8. The molecule has 1 aromatic carbocycles. The van der Waals surface area contributed by atoms with E-state index >= 15 is 0 Å². The van der Waals surface area contributed by atoms with Gasteiger partial charge in [0.15, 0.2) is 0 Å². The van der Waals surface area contributed by atoms with Gasteiger partial charge >= 0.3 is 5.97 Å². The average Bonchev–Trinajstić information content (AvgIpc) is 2.78. The van der Waals surface area contributed by atoms with Gasteiger partial charge < -0.3 is 14.4 Å². The number of ether oxygens (including phenoxy) is 1. The van der Waals surface area contributed by atoms with Crippen LogP contribution in [0.1, 0.15) is 30.2 Å². The first-order chi connectivity index (χ1) is 8.63. The highest BCUT2D eigenvalue weighted by Gasteiger charge is 2.11. The van der Waals surface area contributed by atoms with Gasteiger partial charge in [0.2, 0.25) is 0 Å². The highest BCUT2D eigenvalue weighted by atomic mass is 16.5. The SMILES string of the molecule is CCOCC(C)n1cnc2ccc(C(=O)O)cc21. The molecule has 0 aliphatic carbocycles. The van der Waals surface area contributed by atoms with Gasteiger partial charge in [-0.15, -0.1) is 0 Å². The van der Waals surface area contributed by atoms with E-state index in [1.807, 2.05) is 18.4 Å². The van der Waals surface area contributed by atoms with E-state index in [2.05, 4.69) is 4.98 Å². The summed E-state index contributed by atoms with van der Waals surface area (Å²) in [6.07, 6.45) is 1.72. The number of carbonyl (C=O) groups is 1. The largest absolute Gasteiger partial charge is 0.478 e. The Hall–Kier alpha value is -1.88. The number of aromatic carboxylic acids is 1. The zero-order chi connectivity index (χ0) is 13.1. The van der Waals surface area contributed by atoms with Crippen LogP contribution in [0.25, 0.3) is 11.0 Å². The van der Waals surface area contributed by atoms with Crippen molar-refractivity contribution in [3.05, 3.63) is 30.1 Å². The molecular formula is C13H16N2O3. The van der Waals surface area contributed by atoms with Crippen LogP contribution in [0.4, 0.5) is 0 Å². The number of carboxylic acids is 1. The summed E-state index contributed by atoms with van der Waals surface area (Å²) in [4.78, 5) is 15.2. The number of aromatic nitrogens is 2. The Bertz CT molecular complexity index is 562. The third-order valence-electron chi connectivity index (χ3n) is 2.86. The molecule has 18 heavy (non-hydrogen) atoms. The van der Waals surface area contributed by atoms with Gasteiger partial charge in [-0.05, 0) is 32.0 Å². The van der Waals surface area contributed by atoms with Crippen LogP contribution in [-0.2, 0) is 4.74 Å². The predicted octanol–water partition coefficient (Wildman–Crippen LogP) is 2.33. The lowest BCUT2D eigenvalue weighted by Crippen LogP contribution is -2.11. The number of hydrogen-bond acceptors (Lipinski definition) is 3. The first-order valence-electron chi connectivity index (χ1n) is 5.91. The second kappa shape index (κ2) is 5.18. The Balaban J connectivity index is 2.38. The molecule has 1 N–H and O–H groups in total. The van der Waals surface area contributed by atoms with Crippen molar-refractivity contribution < 1.29 is 14.6 Å². The van der Waals surface area contributed by atoms with Crippen LogP contribution in [0.3, 0.4) is 0 Å². The second-order valence-corrected chi connectivity index (χ2v) is 4.17. The molecule has 0 amide bonds. The lowest BCUT2D eigenvalue weighted by Gasteiger charge is -2.14. The van der Waals surface area contributed by atoms with Crippen LogP contribution in [0.2, 0.25) is 0 Å². The molecule has 0 bridgehead atoms. The van der Waals surface area contributed by atoms with Gasteiger partial charge in [0.25, 0.3) is 0 Å². The predicted molar refractivity (Wildman–Crippen MR) is 67.9 cm³/mol. The van der Waals surface area contributed by atoms with Crippen molar-refractivity contribution in [2.24, 2.45) is 0 Å². The Labute approximate surface area is 105 Å². The Morgan fingerprint density at radius 2 is 2.33 bits per heavy atom. The van der Waals surface area contributed by atoms with E-state index < -0.39 is 5.97 Å². The van der Waals surface area contributed by atoms with Crippen molar-refractivity contribution in [1.82, 2.24) is 9.55 Å². The Kier molecular flexibility index (Phi) is 3.62. The number of carboxylic acid groups (broad SMARTS) is 1. The summed E-state index contributed by atoms with van der Waals surface area (Å²) < 4.78 is 7.32. The van der Waals surface area contributed by atoms with Gasteiger partial charge in [-0.25, -0.2) is 9.78 Å². The van der Waals surface area contributed by atoms with E-state index in [4.69, 9.17) is 9.84 Å². The van der Waals surface area contributed by atoms with Gasteiger partial charge in [-0.1, -0.05) is 0 Å². The topological polar surface area (TPSA) is 64.4 Å². The van der Waals surface area contributed by atoms with E-state index in [9.17, 15) is 4.79 Å². The third kappa shape index (κ3) is 2.36. The average molecular weight is 248 g/mol. The van der Waals surface area contributed by atoms with Crippen LogP contribution >= 0.6 is 0 Å². The lowest BCUT2D eigenvalue weighted by atomic mass is 10.2. The van der Waals surface area contributed by atoms with Gasteiger partial charge in [0.1, 0.15) is 0 Å². The quantitative estimate of drug-likeness (QED) is 0.882. The molecule has 0 spiro atoms. The summed E-state index contributed by atoms with van der Waals surface area (Å²) in [6, 6.07) is 5.06. The number of fused-ring (bicyclic) bond motifs is 1. The fraction of sp³-hybridized carbons (Fsp3) is 0.385. The number of imidazole rings is 1. The maximum atomic E-state index is 11.0. The molecule has 2 aromatic rings. The van der Waals surface area contributed by atoms with Crippen molar-refractivity contribution in [2.45, 2.75) is 19.9 Å². The summed E-state index contributed by atoms with van der Waals surface area (Å²) >= 11 is 0. The Morgan fingerprint density at radius 1 is 1.56 bits per heavy atom. The molecule has 0 radical (unpaired) electrons. The molecule has 0 aliphatic heterocycles. The highest BCUT2D eigenvalue weighted by molar-refractivity contribution is 5.92. The maximum Gasteiger partial charge on any atom is 0.335 e. The smallest absolute Gasteiger partial charge is 0.335 e. The van der Waals surface area contributed by atoms with Crippen molar-refractivity contribution in [3.8, 4) is 0 Å². The third-order valence-corrected chi connectivity index (χ3v) is 2.86. The number of rotatable bonds is 5. The van der Waals surface area contributed by atoms with Crippen LogP contribution in [0, 0.1) is 0 Å². The molecule has 0 saturated carbocycles. The first-order valence-corrected chi connectivity index (χ1v) is 5.91. The summed E-state index contributed by atoms with van der Waals surface area (Å²) in [5.41, 5.74) is 1.89. The summed E-state index contributed by atoms with van der Waals surface area (Å²) in [6.45, 7) is 5.21. The maximum absolute atomic E-state index is 11.0. The minimum Gasteiger partial charge on any atom is -0.478 e. The molecule has 2 rings (SSSR count). The zero-order valence-corrected chi connectivity index (χ0v) is 10.5. The molecule has 0 saturated heterocycles. The first kappa shape index (κ1) is 12.6. The van der Waals surface area contributed by atoms with Crippen LogP contribution in [0.5, 0.6) is 0 Å². The van der Waals surface area contributed by atoms with Gasteiger partial charge in [0, 0.05) is 6.61 Å². The second-order valence-electron chi connectivity index (χ2n) is 4.17. The molecule has 5 nitrogen and oxygen atoms in total. The van der Waals surface area contributed by atoms with E-state index in [1.165, 1.54) is 0 Å². The standard InChI is InChI=1S/C13H16N2O3/c1-3-18-7-9(2)15-8-14-11-5-4-10(13(16)17)6-12(11)15/h4-6,8-9H,3,7H2,1-2H3,(H,16,17). The number of nitrogens with zero attached hydrogens (tertiary/aromatic N) is 2. The molecule has 0 aliphatic rings. The van der Waals surface area contributed by atoms with Crippen molar-refractivity contribution in [3.63, 3.8) is 0 Å². The van der Waals surface area contributed by atoms with Gasteiger partial charge in [-0.3, -0.25) is 0 Å². The van der Waals surface area contributed by atoms with E-state index in [0.717, 1.165) is 11.0 Å². The molecule has 1 aromatic heterocycles. The Morgan fingerprint density at radius 3 is 3.00 bits per heavy atom. The van der Waals surface area contributed by atoms with Gasteiger partial charge in [-0.2, -0.15) is 0 Å². The lowest BCUT2D eigenvalue weighted by molar-refractivity contribution is 0.0697. The van der Waals surface area contributed by atoms with E-state index in [-0.39, 0.29) is 11.6 Å². The zero-order valence-electron chi connectivity index (χ0n) is 10.5. The molecule has 96 valence electrons. The summed E-state index contributed by atoms with van der Waals surface area (Å²) in [5.74, 6) is -0.929. The number of hydrogen-bond donors (Lipinski definition) is 1. The van der Waals surface area contributed by atoms with Crippen LogP contribution < -0.4 is 0 Å². The fourth-order valence-corrected chi connectivity index (χ4v) is 1.88. The summed E-state index contributed by atoms with van der Waals surface area (Å²) in [5, 5.41) is 9.00. The summed E-state index contributed by atoms with van der Waals surface area (Å²) in [7, 11) is 0. The minimum absolute atomic E-state index is 0.124. The molecule has 1 unspecified atom stereocenters. The van der Waals surface area contributed by atoms with Crippen molar-refractivity contribution >= 4 is 17.0 Å². The molecular weight excluding hydrogens is 232 g/mol. The van der Waals surface area contributed by atoms with E-state index in [0.29, 0.717) is 13.2 Å². The molecule has 0 fully saturated rings. The molecule has 1 heterocycles. The van der Waals surface area contributed by atoms with Crippen LogP contribution in [-0.4, -0.2) is 33.8 Å². The van der Waals surface area contributed by atoms with Crippen LogP contribution in [0.15, 0.2) is 24.5 Å². The van der Waals surface area contributed by atoms with E-state index in [1.54, 1.807) is 24.5 Å². The van der Waals surface area contributed by atoms with Crippen molar-refractivity contribution in [2.75, 3.05) is 13.2 Å². The monoisotopic (exact) mass is 248 g/mol. The number of benzene rings is 1. The molecule has 5 heteroatoms. The minimum atomic E-state index is -0.929. The molecule has 1 atom stereocenters. The highest BCUT2D eigenvalue weighted by Crippen LogP contribution is 2.19. The fourth-order valence-electron chi connectivity index (χ4n) is 1.88. The van der Waals surface area contributed by atoms with Gasteiger partial charge in [0.05, 0.1) is 35.6 Å².